The lowest BCUT2D eigenvalue weighted by Crippen LogP contribution is -2.45. The number of nitrogens with zero attached hydrogens (tertiary/aromatic N) is 1. The molecule has 8 nitrogen and oxygen atoms in total. The summed E-state index contributed by atoms with van der Waals surface area (Å²) in [5.41, 5.74) is 3.97. The second-order valence-corrected chi connectivity index (χ2v) is 5.26. The molecule has 0 spiro atoms. The van der Waals surface area contributed by atoms with Crippen LogP contribution in [0, 0.1) is 11.8 Å². The predicted molar refractivity (Wildman–Crippen MR) is 77.9 cm³/mol. The molecule has 0 aromatic carbocycles. The molecule has 1 aliphatic carbocycles. The van der Waals surface area contributed by atoms with Gasteiger partial charge in [-0.2, -0.15) is 0 Å². The summed E-state index contributed by atoms with van der Waals surface area (Å²) in [5, 5.41) is 8.41. The minimum atomic E-state index is -1.31. The fourth-order valence-electron chi connectivity index (χ4n) is 2.69. The summed E-state index contributed by atoms with van der Waals surface area (Å²) in [6, 6.07) is 0. The highest BCUT2D eigenvalue weighted by Crippen LogP contribution is 2.30. The monoisotopic (exact) mass is 331 g/mol. The van der Waals surface area contributed by atoms with Gasteiger partial charge in [-0.05, 0) is 31.6 Å². The van der Waals surface area contributed by atoms with Crippen LogP contribution in [0.15, 0.2) is 12.2 Å². The van der Waals surface area contributed by atoms with Crippen LogP contribution in [-0.2, 0) is 14.4 Å². The fourth-order valence-corrected chi connectivity index (χ4v) is 2.69. The number of carboxylic acid groups (broad SMARTS) is 1. The van der Waals surface area contributed by atoms with Crippen molar-refractivity contribution in [2.75, 3.05) is 6.54 Å². The average Bonchev–Trinajstić information content (AvgIpc) is 2.77. The standard InChI is InChI=1S/C13H17N3O5.ClH/c17-10-5-6-11(18)16(10)7-8-1-3-9(4-2-8)12(19)14-15-13(20)21;/h5-6,8-9,15H,1-4,7H2,(H,14,19)(H,20,21);1H. The smallest absolute Gasteiger partial charge is 0.423 e. The van der Waals surface area contributed by atoms with Gasteiger partial charge in [0.25, 0.3) is 11.8 Å². The summed E-state index contributed by atoms with van der Waals surface area (Å²) < 4.78 is 0. The van der Waals surface area contributed by atoms with Crippen LogP contribution in [0.1, 0.15) is 25.7 Å². The van der Waals surface area contributed by atoms with Crippen molar-refractivity contribution in [2.24, 2.45) is 11.8 Å². The Hall–Kier alpha value is -2.09. The second kappa shape index (κ2) is 7.79. The van der Waals surface area contributed by atoms with Crippen LogP contribution >= 0.6 is 12.4 Å². The van der Waals surface area contributed by atoms with E-state index in [2.05, 4.69) is 5.43 Å². The first-order valence-corrected chi connectivity index (χ1v) is 6.79. The maximum Gasteiger partial charge on any atom is 0.423 e. The third kappa shape index (κ3) is 4.45. The highest BCUT2D eigenvalue weighted by Gasteiger charge is 2.31. The van der Waals surface area contributed by atoms with Crippen molar-refractivity contribution in [1.82, 2.24) is 15.8 Å². The van der Waals surface area contributed by atoms with Crippen molar-refractivity contribution in [3.63, 3.8) is 0 Å². The number of imide groups is 1. The molecule has 4 amide bonds. The Morgan fingerprint density at radius 1 is 1.09 bits per heavy atom. The SMILES string of the molecule is Cl.O=C(O)NNC(=O)C1CCC(CN2C(=O)C=CC2=O)CC1. The quantitative estimate of drug-likeness (QED) is 0.512. The van der Waals surface area contributed by atoms with E-state index in [9.17, 15) is 19.2 Å². The van der Waals surface area contributed by atoms with Crippen LogP contribution in [0.3, 0.4) is 0 Å². The Morgan fingerprint density at radius 2 is 1.64 bits per heavy atom. The molecule has 0 aromatic heterocycles. The van der Waals surface area contributed by atoms with Crippen LogP contribution in [0.5, 0.6) is 0 Å². The molecule has 0 aromatic rings. The van der Waals surface area contributed by atoms with Crippen molar-refractivity contribution in [3.05, 3.63) is 12.2 Å². The van der Waals surface area contributed by atoms with Gasteiger partial charge < -0.3 is 5.11 Å². The normalized spacial score (nSPS) is 23.9. The minimum Gasteiger partial charge on any atom is -0.464 e. The lowest BCUT2D eigenvalue weighted by molar-refractivity contribution is -0.138. The number of amides is 4. The summed E-state index contributed by atoms with van der Waals surface area (Å²) in [7, 11) is 0. The van der Waals surface area contributed by atoms with E-state index in [-0.39, 0.29) is 42.0 Å². The van der Waals surface area contributed by atoms with Crippen LogP contribution in [0.2, 0.25) is 0 Å². The highest BCUT2D eigenvalue weighted by atomic mass is 35.5. The molecule has 2 aliphatic rings. The number of carbonyl (C=O) groups excluding carboxylic acids is 3. The Morgan fingerprint density at radius 3 is 2.14 bits per heavy atom. The summed E-state index contributed by atoms with van der Waals surface area (Å²) in [5.74, 6) is -0.965. The Bertz CT molecular complexity index is 482. The van der Waals surface area contributed by atoms with E-state index >= 15 is 0 Å². The topological polar surface area (TPSA) is 116 Å². The number of rotatable bonds is 3. The Kier molecular flexibility index (Phi) is 6.36. The summed E-state index contributed by atoms with van der Waals surface area (Å²) >= 11 is 0. The van der Waals surface area contributed by atoms with Gasteiger partial charge in [0.05, 0.1) is 0 Å². The molecule has 1 saturated carbocycles. The lowest BCUT2D eigenvalue weighted by atomic mass is 9.81. The largest absolute Gasteiger partial charge is 0.464 e. The van der Waals surface area contributed by atoms with Crippen LogP contribution < -0.4 is 10.9 Å². The van der Waals surface area contributed by atoms with E-state index in [1.807, 2.05) is 5.43 Å². The zero-order chi connectivity index (χ0) is 15.4. The van der Waals surface area contributed by atoms with E-state index in [0.29, 0.717) is 19.4 Å². The van der Waals surface area contributed by atoms with Crippen molar-refractivity contribution in [2.45, 2.75) is 25.7 Å². The summed E-state index contributed by atoms with van der Waals surface area (Å²) in [6.45, 7) is 0.381. The van der Waals surface area contributed by atoms with Crippen molar-refractivity contribution in [3.8, 4) is 0 Å². The maximum atomic E-state index is 11.7. The number of carbonyl (C=O) groups is 4. The maximum absolute atomic E-state index is 11.7. The summed E-state index contributed by atoms with van der Waals surface area (Å²) in [4.78, 5) is 46.1. The van der Waals surface area contributed by atoms with Crippen LogP contribution in [0.25, 0.3) is 0 Å². The minimum absolute atomic E-state index is 0. The first-order chi connectivity index (χ1) is 9.97. The van der Waals surface area contributed by atoms with Gasteiger partial charge in [0.1, 0.15) is 0 Å². The van der Waals surface area contributed by atoms with E-state index in [1.165, 1.54) is 17.1 Å². The van der Waals surface area contributed by atoms with Gasteiger partial charge in [0.2, 0.25) is 5.91 Å². The average molecular weight is 332 g/mol. The van der Waals surface area contributed by atoms with E-state index in [0.717, 1.165) is 12.8 Å². The number of hydrogen-bond donors (Lipinski definition) is 3. The molecule has 122 valence electrons. The first kappa shape index (κ1) is 18.0. The molecule has 0 saturated heterocycles. The number of hydrogen-bond acceptors (Lipinski definition) is 4. The van der Waals surface area contributed by atoms with Crippen molar-refractivity contribution in [1.29, 1.82) is 0 Å². The zero-order valence-corrected chi connectivity index (χ0v) is 12.6. The van der Waals surface area contributed by atoms with Gasteiger partial charge >= 0.3 is 6.09 Å². The molecule has 2 rings (SSSR count). The molecular weight excluding hydrogens is 314 g/mol. The molecule has 0 bridgehead atoms. The third-order valence-electron chi connectivity index (χ3n) is 3.85. The molecular formula is C13H18ClN3O5. The lowest BCUT2D eigenvalue weighted by Gasteiger charge is -2.29. The van der Waals surface area contributed by atoms with E-state index < -0.39 is 6.09 Å². The van der Waals surface area contributed by atoms with E-state index in [1.54, 1.807) is 0 Å². The molecule has 0 radical (unpaired) electrons. The molecule has 9 heteroatoms. The van der Waals surface area contributed by atoms with Gasteiger partial charge in [-0.1, -0.05) is 0 Å². The molecule has 1 aliphatic heterocycles. The third-order valence-corrected chi connectivity index (χ3v) is 3.85. The molecule has 1 fully saturated rings. The highest BCUT2D eigenvalue weighted by molar-refractivity contribution is 6.12. The summed E-state index contributed by atoms with van der Waals surface area (Å²) in [6.07, 6.45) is 3.89. The number of nitrogens with one attached hydrogen (secondary N) is 2. The molecule has 0 atom stereocenters. The van der Waals surface area contributed by atoms with Gasteiger partial charge in [0.15, 0.2) is 0 Å². The van der Waals surface area contributed by atoms with Gasteiger partial charge in [-0.3, -0.25) is 24.7 Å². The Balaban J connectivity index is 0.00000242. The molecule has 3 N–H and O–H groups in total. The van der Waals surface area contributed by atoms with Gasteiger partial charge in [-0.15, -0.1) is 12.4 Å². The molecule has 1 heterocycles. The number of halogens is 1. The zero-order valence-electron chi connectivity index (χ0n) is 11.8. The van der Waals surface area contributed by atoms with Crippen LogP contribution in [0.4, 0.5) is 4.79 Å². The van der Waals surface area contributed by atoms with E-state index in [4.69, 9.17) is 5.11 Å². The Labute approximate surface area is 133 Å². The van der Waals surface area contributed by atoms with Crippen molar-refractivity contribution >= 4 is 36.2 Å². The second-order valence-electron chi connectivity index (χ2n) is 5.26. The molecule has 0 unspecified atom stereocenters. The van der Waals surface area contributed by atoms with Gasteiger partial charge in [0, 0.05) is 24.6 Å². The molecule has 22 heavy (non-hydrogen) atoms. The number of hydrazine groups is 1. The first-order valence-electron chi connectivity index (χ1n) is 6.79. The van der Waals surface area contributed by atoms with Gasteiger partial charge in [-0.25, -0.2) is 10.2 Å². The van der Waals surface area contributed by atoms with Crippen molar-refractivity contribution < 1.29 is 24.3 Å². The predicted octanol–water partition coefficient (Wildman–Crippen LogP) is 0.438. The van der Waals surface area contributed by atoms with Crippen LogP contribution in [-0.4, -0.2) is 40.4 Å². The fraction of sp³-hybridized carbons (Fsp3) is 0.538.